The van der Waals surface area contributed by atoms with Crippen molar-refractivity contribution in [3.8, 4) is 0 Å². The van der Waals surface area contributed by atoms with Crippen LogP contribution in [0.4, 0.5) is 8.78 Å². The molecule has 1 aromatic carbocycles. The van der Waals surface area contributed by atoms with Crippen LogP contribution in [0, 0.1) is 17.6 Å². The van der Waals surface area contributed by atoms with Gasteiger partial charge >= 0.3 is 0 Å². The fourth-order valence-electron chi connectivity index (χ4n) is 3.05. The van der Waals surface area contributed by atoms with Crippen molar-refractivity contribution in [2.75, 3.05) is 0 Å². The molecule has 0 bridgehead atoms. The lowest BCUT2D eigenvalue weighted by Crippen LogP contribution is -2.13. The Labute approximate surface area is 115 Å². The molecule has 0 aromatic heterocycles. The molecule has 0 aliphatic heterocycles. The van der Waals surface area contributed by atoms with E-state index in [4.69, 9.17) is 0 Å². The molecule has 1 aliphatic carbocycles. The summed E-state index contributed by atoms with van der Waals surface area (Å²) in [6.07, 6.45) is 6.80. The zero-order valence-corrected chi connectivity index (χ0v) is 12.0. The van der Waals surface area contributed by atoms with Crippen molar-refractivity contribution >= 4 is 0 Å². The van der Waals surface area contributed by atoms with Crippen LogP contribution in [0.5, 0.6) is 0 Å². The minimum atomic E-state index is -0.607. The highest BCUT2D eigenvalue weighted by Gasteiger charge is 2.24. The lowest BCUT2D eigenvalue weighted by atomic mass is 9.79. The van der Waals surface area contributed by atoms with Gasteiger partial charge in [-0.2, -0.15) is 0 Å². The fraction of sp³-hybridized carbons (Fsp3) is 0.647. The molecule has 2 heteroatoms. The molecule has 106 valence electrons. The molecular weight excluding hydrogens is 242 g/mol. The van der Waals surface area contributed by atoms with Gasteiger partial charge < -0.3 is 0 Å². The van der Waals surface area contributed by atoms with Crippen LogP contribution in [0.25, 0.3) is 0 Å². The van der Waals surface area contributed by atoms with Crippen LogP contribution in [0.15, 0.2) is 12.1 Å². The summed E-state index contributed by atoms with van der Waals surface area (Å²) in [5, 5.41) is 0. The zero-order valence-electron chi connectivity index (χ0n) is 12.0. The Kier molecular flexibility index (Phi) is 4.95. The average molecular weight is 266 g/mol. The first-order valence-corrected chi connectivity index (χ1v) is 7.60. The van der Waals surface area contributed by atoms with Crippen LogP contribution in [0.3, 0.4) is 0 Å². The van der Waals surface area contributed by atoms with E-state index in [1.54, 1.807) is 6.07 Å². The summed E-state index contributed by atoms with van der Waals surface area (Å²) in [6, 6.07) is 3.62. The smallest absolute Gasteiger partial charge is 0.162 e. The summed E-state index contributed by atoms with van der Waals surface area (Å²) < 4.78 is 28.2. The van der Waals surface area contributed by atoms with Crippen LogP contribution < -0.4 is 0 Å². The van der Waals surface area contributed by atoms with Gasteiger partial charge in [-0.3, -0.25) is 0 Å². The van der Waals surface area contributed by atoms with Crippen molar-refractivity contribution in [1.82, 2.24) is 0 Å². The number of rotatable bonds is 4. The third-order valence-electron chi connectivity index (χ3n) is 4.45. The standard InChI is InChI=1S/C17H24F2/c1-3-4-5-14-10-11-15(17(19)16(14)18)13-8-6-12(2)7-9-13/h10-13H,3-9H2,1-2H3. The molecule has 1 aliphatic rings. The highest BCUT2D eigenvalue weighted by Crippen LogP contribution is 2.37. The minimum absolute atomic E-state index is 0.214. The van der Waals surface area contributed by atoms with Gasteiger partial charge in [0.15, 0.2) is 11.6 Å². The van der Waals surface area contributed by atoms with Crippen molar-refractivity contribution in [2.45, 2.75) is 64.7 Å². The Hall–Kier alpha value is -0.920. The first kappa shape index (κ1) is 14.5. The Morgan fingerprint density at radius 2 is 1.74 bits per heavy atom. The van der Waals surface area contributed by atoms with Gasteiger partial charge in [0.1, 0.15) is 0 Å². The largest absolute Gasteiger partial charge is 0.203 e. The summed E-state index contributed by atoms with van der Waals surface area (Å²) in [5.74, 6) is -0.253. The first-order chi connectivity index (χ1) is 9.13. The summed E-state index contributed by atoms with van der Waals surface area (Å²) in [5.41, 5.74) is 1.14. The number of aryl methyl sites for hydroxylation is 1. The van der Waals surface area contributed by atoms with E-state index >= 15 is 0 Å². The molecular formula is C17H24F2. The van der Waals surface area contributed by atoms with E-state index in [1.807, 2.05) is 6.07 Å². The summed E-state index contributed by atoms with van der Waals surface area (Å²) >= 11 is 0. The molecule has 0 heterocycles. The van der Waals surface area contributed by atoms with Gasteiger partial charge in [-0.25, -0.2) is 8.78 Å². The molecule has 19 heavy (non-hydrogen) atoms. The second kappa shape index (κ2) is 6.49. The van der Waals surface area contributed by atoms with Crippen LogP contribution in [0.2, 0.25) is 0 Å². The molecule has 1 aromatic rings. The number of hydrogen-bond donors (Lipinski definition) is 0. The Balaban J connectivity index is 2.16. The molecule has 0 atom stereocenters. The summed E-state index contributed by atoms with van der Waals surface area (Å²) in [6.45, 7) is 4.30. The number of unbranched alkanes of at least 4 members (excludes halogenated alkanes) is 1. The van der Waals surface area contributed by atoms with E-state index in [0.29, 0.717) is 17.5 Å². The van der Waals surface area contributed by atoms with Gasteiger partial charge in [-0.05, 0) is 48.6 Å². The second-order valence-corrected chi connectivity index (χ2v) is 6.00. The van der Waals surface area contributed by atoms with E-state index in [-0.39, 0.29) is 5.92 Å². The van der Waals surface area contributed by atoms with Crippen LogP contribution in [-0.4, -0.2) is 0 Å². The molecule has 0 N–H and O–H groups in total. The number of benzene rings is 1. The highest BCUT2D eigenvalue weighted by atomic mass is 19.2. The molecule has 0 radical (unpaired) electrons. The maximum Gasteiger partial charge on any atom is 0.162 e. The SMILES string of the molecule is CCCCc1ccc(C2CCC(C)CC2)c(F)c1F. The molecule has 0 nitrogen and oxygen atoms in total. The summed E-state index contributed by atoms with van der Waals surface area (Å²) in [4.78, 5) is 0. The van der Waals surface area contributed by atoms with Gasteiger partial charge in [-0.1, -0.05) is 45.2 Å². The Morgan fingerprint density at radius 3 is 2.37 bits per heavy atom. The predicted octanol–water partition coefficient (Wildman–Crippen LogP) is 5.60. The Morgan fingerprint density at radius 1 is 1.05 bits per heavy atom. The van der Waals surface area contributed by atoms with Crippen molar-refractivity contribution in [3.63, 3.8) is 0 Å². The van der Waals surface area contributed by atoms with Gasteiger partial charge in [0.2, 0.25) is 0 Å². The zero-order chi connectivity index (χ0) is 13.8. The van der Waals surface area contributed by atoms with E-state index in [9.17, 15) is 8.78 Å². The van der Waals surface area contributed by atoms with Crippen LogP contribution in [-0.2, 0) is 6.42 Å². The molecule has 2 rings (SSSR count). The van der Waals surface area contributed by atoms with Gasteiger partial charge in [-0.15, -0.1) is 0 Å². The topological polar surface area (TPSA) is 0 Å². The quantitative estimate of drug-likeness (QED) is 0.665. The summed E-state index contributed by atoms with van der Waals surface area (Å²) in [7, 11) is 0. The third-order valence-corrected chi connectivity index (χ3v) is 4.45. The van der Waals surface area contributed by atoms with Crippen molar-refractivity contribution < 1.29 is 8.78 Å². The normalized spacial score (nSPS) is 23.6. The van der Waals surface area contributed by atoms with E-state index in [1.165, 1.54) is 0 Å². The van der Waals surface area contributed by atoms with Crippen molar-refractivity contribution in [2.24, 2.45) is 5.92 Å². The van der Waals surface area contributed by atoms with Crippen molar-refractivity contribution in [1.29, 1.82) is 0 Å². The molecule has 0 spiro atoms. The van der Waals surface area contributed by atoms with E-state index < -0.39 is 11.6 Å². The maximum absolute atomic E-state index is 14.2. The predicted molar refractivity (Wildman–Crippen MR) is 75.3 cm³/mol. The lowest BCUT2D eigenvalue weighted by Gasteiger charge is -2.27. The second-order valence-electron chi connectivity index (χ2n) is 6.00. The fourth-order valence-corrected chi connectivity index (χ4v) is 3.05. The average Bonchev–Trinajstić information content (AvgIpc) is 2.42. The highest BCUT2D eigenvalue weighted by molar-refractivity contribution is 5.29. The molecule has 0 saturated heterocycles. The van der Waals surface area contributed by atoms with Crippen LogP contribution in [0.1, 0.15) is 69.4 Å². The molecule has 0 unspecified atom stereocenters. The molecule has 1 fully saturated rings. The van der Waals surface area contributed by atoms with Crippen LogP contribution >= 0.6 is 0 Å². The lowest BCUT2D eigenvalue weighted by molar-refractivity contribution is 0.339. The Bertz CT molecular complexity index is 418. The number of hydrogen-bond acceptors (Lipinski definition) is 0. The molecule has 0 amide bonds. The maximum atomic E-state index is 14.2. The van der Waals surface area contributed by atoms with E-state index in [0.717, 1.165) is 44.4 Å². The minimum Gasteiger partial charge on any atom is -0.203 e. The van der Waals surface area contributed by atoms with Gasteiger partial charge in [0.05, 0.1) is 0 Å². The molecule has 1 saturated carbocycles. The van der Waals surface area contributed by atoms with Crippen molar-refractivity contribution in [3.05, 3.63) is 34.9 Å². The number of halogens is 2. The third kappa shape index (κ3) is 3.34. The van der Waals surface area contributed by atoms with Gasteiger partial charge in [0.25, 0.3) is 0 Å². The monoisotopic (exact) mass is 266 g/mol. The van der Waals surface area contributed by atoms with E-state index in [2.05, 4.69) is 13.8 Å². The van der Waals surface area contributed by atoms with Gasteiger partial charge in [0, 0.05) is 0 Å². The first-order valence-electron chi connectivity index (χ1n) is 7.60.